The van der Waals surface area contributed by atoms with Crippen molar-refractivity contribution in [1.82, 2.24) is 5.32 Å². The van der Waals surface area contributed by atoms with Crippen LogP contribution in [0.25, 0.3) is 0 Å². The Bertz CT molecular complexity index is 178. The Morgan fingerprint density at radius 1 is 1.13 bits per heavy atom. The number of hydrogen-bond acceptors (Lipinski definition) is 3. The fourth-order valence-electron chi connectivity index (χ4n) is 1.25. The van der Waals surface area contributed by atoms with E-state index in [0.29, 0.717) is 12.6 Å². The highest BCUT2D eigenvalue weighted by Crippen LogP contribution is 2.06. The number of nitrogens with one attached hydrogen (secondary N) is 1. The van der Waals surface area contributed by atoms with Crippen LogP contribution >= 0.6 is 0 Å². The molecule has 0 aromatic heterocycles. The van der Waals surface area contributed by atoms with E-state index in [-0.39, 0.29) is 12.1 Å². The van der Waals surface area contributed by atoms with Gasteiger partial charge in [-0.25, -0.2) is 0 Å². The summed E-state index contributed by atoms with van der Waals surface area (Å²) in [4.78, 5) is 11.2. The smallest absolute Gasteiger partial charge is 0.320 e. The average Bonchev–Trinajstić information content (AvgIpc) is 2.10. The molecule has 3 heteroatoms. The number of carbonyl (C=O) groups excluding carboxylic acids is 1. The zero-order chi connectivity index (χ0) is 11.8. The largest absolute Gasteiger partial charge is 0.462 e. The van der Waals surface area contributed by atoms with E-state index in [1.54, 1.807) is 0 Å². The molecule has 0 spiro atoms. The fraction of sp³-hybridized carbons (Fsp3) is 0.917. The Hall–Kier alpha value is -0.570. The second-order valence-corrected chi connectivity index (χ2v) is 4.79. The minimum absolute atomic E-state index is 0.0229. The SMILES string of the molecule is CC(C)CCC(C)NCC(=O)OC(C)C. The van der Waals surface area contributed by atoms with Crippen molar-refractivity contribution < 1.29 is 9.53 Å². The predicted octanol–water partition coefficient (Wildman–Crippen LogP) is 2.35. The second-order valence-electron chi connectivity index (χ2n) is 4.79. The Kier molecular flexibility index (Phi) is 7.39. The molecular weight excluding hydrogens is 190 g/mol. The van der Waals surface area contributed by atoms with E-state index in [1.807, 2.05) is 13.8 Å². The molecule has 0 saturated heterocycles. The predicted molar refractivity (Wildman–Crippen MR) is 62.8 cm³/mol. The van der Waals surface area contributed by atoms with Crippen LogP contribution in [0.2, 0.25) is 0 Å². The molecule has 0 aromatic carbocycles. The average molecular weight is 215 g/mol. The molecule has 0 saturated carbocycles. The number of carbonyl (C=O) groups is 1. The molecule has 0 heterocycles. The van der Waals surface area contributed by atoms with Crippen molar-refractivity contribution in [3.8, 4) is 0 Å². The molecule has 0 aliphatic heterocycles. The molecule has 3 nitrogen and oxygen atoms in total. The van der Waals surface area contributed by atoms with Gasteiger partial charge in [-0.3, -0.25) is 4.79 Å². The van der Waals surface area contributed by atoms with Gasteiger partial charge in [-0.15, -0.1) is 0 Å². The van der Waals surface area contributed by atoms with Gasteiger partial charge in [0.2, 0.25) is 0 Å². The van der Waals surface area contributed by atoms with E-state index in [1.165, 1.54) is 6.42 Å². The van der Waals surface area contributed by atoms with Crippen molar-refractivity contribution in [2.45, 2.75) is 59.6 Å². The van der Waals surface area contributed by atoms with Crippen LogP contribution in [-0.2, 0) is 9.53 Å². The van der Waals surface area contributed by atoms with Gasteiger partial charge in [0.15, 0.2) is 0 Å². The molecule has 0 bridgehead atoms. The van der Waals surface area contributed by atoms with E-state index in [4.69, 9.17) is 4.74 Å². The maximum Gasteiger partial charge on any atom is 0.320 e. The number of hydrogen-bond donors (Lipinski definition) is 1. The van der Waals surface area contributed by atoms with E-state index in [0.717, 1.165) is 12.3 Å². The summed E-state index contributed by atoms with van der Waals surface area (Å²) >= 11 is 0. The van der Waals surface area contributed by atoms with E-state index in [9.17, 15) is 4.79 Å². The van der Waals surface area contributed by atoms with E-state index >= 15 is 0 Å². The monoisotopic (exact) mass is 215 g/mol. The Balaban J connectivity index is 3.53. The van der Waals surface area contributed by atoms with Crippen LogP contribution < -0.4 is 5.32 Å². The highest BCUT2D eigenvalue weighted by molar-refractivity contribution is 5.71. The van der Waals surface area contributed by atoms with Gasteiger partial charge < -0.3 is 10.1 Å². The fourth-order valence-corrected chi connectivity index (χ4v) is 1.25. The van der Waals surface area contributed by atoms with Gasteiger partial charge >= 0.3 is 5.97 Å². The zero-order valence-corrected chi connectivity index (χ0v) is 10.7. The van der Waals surface area contributed by atoms with Gasteiger partial charge in [0.1, 0.15) is 0 Å². The third-order valence-electron chi connectivity index (χ3n) is 2.14. The molecule has 0 amide bonds. The minimum Gasteiger partial charge on any atom is -0.462 e. The third kappa shape index (κ3) is 9.73. The minimum atomic E-state index is -0.165. The topological polar surface area (TPSA) is 38.3 Å². The van der Waals surface area contributed by atoms with Gasteiger partial charge in [-0.2, -0.15) is 0 Å². The molecular formula is C12H25NO2. The molecule has 0 aromatic rings. The molecule has 0 radical (unpaired) electrons. The van der Waals surface area contributed by atoms with Crippen LogP contribution in [0, 0.1) is 5.92 Å². The lowest BCUT2D eigenvalue weighted by atomic mass is 10.0. The molecule has 1 unspecified atom stereocenters. The van der Waals surface area contributed by atoms with Gasteiger partial charge in [-0.05, 0) is 39.5 Å². The van der Waals surface area contributed by atoms with Crippen molar-refractivity contribution in [3.63, 3.8) is 0 Å². The van der Waals surface area contributed by atoms with Gasteiger partial charge in [0.25, 0.3) is 0 Å². The molecule has 1 atom stereocenters. The van der Waals surface area contributed by atoms with Gasteiger partial charge in [0, 0.05) is 6.04 Å². The van der Waals surface area contributed by atoms with Crippen LogP contribution in [0.3, 0.4) is 0 Å². The van der Waals surface area contributed by atoms with Crippen LogP contribution in [0.1, 0.15) is 47.5 Å². The maximum absolute atomic E-state index is 11.2. The molecule has 0 aliphatic carbocycles. The molecule has 0 rings (SSSR count). The zero-order valence-electron chi connectivity index (χ0n) is 10.7. The molecule has 15 heavy (non-hydrogen) atoms. The first-order chi connectivity index (χ1) is 6.91. The lowest BCUT2D eigenvalue weighted by Gasteiger charge is -2.15. The van der Waals surface area contributed by atoms with Gasteiger partial charge in [-0.1, -0.05) is 13.8 Å². The van der Waals surface area contributed by atoms with Crippen LogP contribution in [0.4, 0.5) is 0 Å². The van der Waals surface area contributed by atoms with E-state index in [2.05, 4.69) is 26.1 Å². The molecule has 0 fully saturated rings. The summed E-state index contributed by atoms with van der Waals surface area (Å²) in [6.45, 7) is 10.6. The quantitative estimate of drug-likeness (QED) is 0.662. The highest BCUT2D eigenvalue weighted by atomic mass is 16.5. The molecule has 90 valence electrons. The first-order valence-corrected chi connectivity index (χ1v) is 5.84. The molecule has 1 N–H and O–H groups in total. The Labute approximate surface area is 93.6 Å². The number of ether oxygens (including phenoxy) is 1. The summed E-state index contributed by atoms with van der Waals surface area (Å²) in [6, 6.07) is 0.382. The normalized spacial score (nSPS) is 13.3. The summed E-state index contributed by atoms with van der Waals surface area (Å²) in [6.07, 6.45) is 2.27. The Morgan fingerprint density at radius 3 is 2.20 bits per heavy atom. The maximum atomic E-state index is 11.2. The highest BCUT2D eigenvalue weighted by Gasteiger charge is 2.08. The van der Waals surface area contributed by atoms with Crippen molar-refractivity contribution in [1.29, 1.82) is 0 Å². The summed E-state index contributed by atoms with van der Waals surface area (Å²) in [5.74, 6) is 0.554. The Morgan fingerprint density at radius 2 is 1.73 bits per heavy atom. The lowest BCUT2D eigenvalue weighted by molar-refractivity contribution is -0.146. The van der Waals surface area contributed by atoms with Crippen LogP contribution in [0.5, 0.6) is 0 Å². The van der Waals surface area contributed by atoms with Crippen LogP contribution in [0.15, 0.2) is 0 Å². The van der Waals surface area contributed by atoms with Crippen LogP contribution in [-0.4, -0.2) is 24.7 Å². The van der Waals surface area contributed by atoms with Crippen molar-refractivity contribution >= 4 is 5.97 Å². The van der Waals surface area contributed by atoms with Crippen molar-refractivity contribution in [3.05, 3.63) is 0 Å². The molecule has 0 aliphatic rings. The van der Waals surface area contributed by atoms with E-state index < -0.39 is 0 Å². The number of rotatable bonds is 7. The van der Waals surface area contributed by atoms with Crippen molar-refractivity contribution in [2.75, 3.05) is 6.54 Å². The first kappa shape index (κ1) is 14.4. The summed E-state index contributed by atoms with van der Waals surface area (Å²) in [5.41, 5.74) is 0. The first-order valence-electron chi connectivity index (χ1n) is 5.84. The summed E-state index contributed by atoms with van der Waals surface area (Å²) in [7, 11) is 0. The summed E-state index contributed by atoms with van der Waals surface area (Å²) in [5, 5.41) is 3.17. The second kappa shape index (κ2) is 7.69. The van der Waals surface area contributed by atoms with Crippen molar-refractivity contribution in [2.24, 2.45) is 5.92 Å². The standard InChI is InChI=1S/C12H25NO2/c1-9(2)6-7-11(5)13-8-12(14)15-10(3)4/h9-11,13H,6-8H2,1-5H3. The third-order valence-corrected chi connectivity index (χ3v) is 2.14. The number of esters is 1. The lowest BCUT2D eigenvalue weighted by Crippen LogP contribution is -2.33. The van der Waals surface area contributed by atoms with Gasteiger partial charge in [0.05, 0.1) is 12.6 Å². The summed E-state index contributed by atoms with van der Waals surface area (Å²) < 4.78 is 5.02.